The first-order chi connectivity index (χ1) is 26.6. The molecule has 0 saturated carbocycles. The summed E-state index contributed by atoms with van der Waals surface area (Å²) in [5.41, 5.74) is 9.07. The number of ether oxygens (including phenoxy) is 1. The van der Waals surface area contributed by atoms with Crippen molar-refractivity contribution in [2.75, 3.05) is 26.3 Å². The Morgan fingerprint density at radius 2 is 1.24 bits per heavy atom. The van der Waals surface area contributed by atoms with Gasteiger partial charge in [0, 0.05) is 61.8 Å². The number of hydrogen-bond acceptors (Lipinski definition) is 11. The molecule has 3 aliphatic heterocycles. The number of benzene rings is 2. The summed E-state index contributed by atoms with van der Waals surface area (Å²) in [7, 11) is 0. The summed E-state index contributed by atoms with van der Waals surface area (Å²) in [6, 6.07) is 20.1. The number of hydrogen-bond donors (Lipinski definition) is 0. The largest absolute Gasteiger partial charge is 0.377 e. The van der Waals surface area contributed by atoms with Crippen molar-refractivity contribution >= 4 is 60.5 Å². The first-order valence-electron chi connectivity index (χ1n) is 17.8. The van der Waals surface area contributed by atoms with E-state index in [9.17, 15) is 9.59 Å². The maximum absolute atomic E-state index is 13.1. The topological polar surface area (TPSA) is 127 Å². The highest BCUT2D eigenvalue weighted by Crippen LogP contribution is 2.33. The van der Waals surface area contributed by atoms with Crippen LogP contribution in [0.2, 0.25) is 0 Å². The van der Waals surface area contributed by atoms with E-state index in [0.717, 1.165) is 74.0 Å². The Morgan fingerprint density at radius 1 is 0.685 bits per heavy atom. The molecule has 0 radical (unpaired) electrons. The number of para-hydroxylation sites is 2. The fraction of sp³-hybridized carbons (Fsp3) is 0.220. The van der Waals surface area contributed by atoms with Crippen LogP contribution in [0.3, 0.4) is 0 Å². The normalized spacial score (nSPS) is 15.0. The van der Waals surface area contributed by atoms with Crippen LogP contribution in [0.5, 0.6) is 0 Å². The minimum absolute atomic E-state index is 0.0121. The summed E-state index contributed by atoms with van der Waals surface area (Å²) in [4.78, 5) is 56.2. The van der Waals surface area contributed by atoms with E-state index >= 15 is 0 Å². The number of thiazole rings is 2. The molecule has 0 saturated heterocycles. The summed E-state index contributed by atoms with van der Waals surface area (Å²) < 4.78 is 7.78. The number of carbonyl (C=O) groups excluding carboxylic acids is 2. The molecule has 0 aliphatic carbocycles. The molecule has 0 atom stereocenters. The second kappa shape index (κ2) is 14.9. The Balaban J connectivity index is 0.000000142. The first-order valence-corrected chi connectivity index (χ1v) is 19.5. The number of carbonyl (C=O) groups is 2. The molecule has 54 heavy (non-hydrogen) atoms. The van der Waals surface area contributed by atoms with Crippen LogP contribution >= 0.6 is 22.7 Å². The summed E-state index contributed by atoms with van der Waals surface area (Å²) in [5, 5.41) is 2.12. The molecule has 0 bridgehead atoms. The highest BCUT2D eigenvalue weighted by atomic mass is 32.1. The average molecular weight is 751 g/mol. The van der Waals surface area contributed by atoms with Gasteiger partial charge in [-0.2, -0.15) is 0 Å². The Kier molecular flexibility index (Phi) is 9.41. The van der Waals surface area contributed by atoms with Crippen molar-refractivity contribution < 1.29 is 14.3 Å². The maximum Gasteiger partial charge on any atom is 0.256 e. The number of aromatic nitrogens is 6. The molecule has 0 fully saturated rings. The van der Waals surface area contributed by atoms with E-state index in [0.29, 0.717) is 45.0 Å². The third-order valence-corrected chi connectivity index (χ3v) is 12.0. The highest BCUT2D eigenvalue weighted by molar-refractivity contribution is 7.18. The van der Waals surface area contributed by atoms with E-state index in [-0.39, 0.29) is 11.8 Å². The third-order valence-electron chi connectivity index (χ3n) is 9.79. The van der Waals surface area contributed by atoms with E-state index in [4.69, 9.17) is 4.74 Å². The second-order valence-corrected chi connectivity index (χ2v) is 15.4. The third kappa shape index (κ3) is 6.77. The molecule has 0 unspecified atom stereocenters. The molecule has 7 aromatic rings. The molecule has 11 nitrogen and oxygen atoms in total. The van der Waals surface area contributed by atoms with E-state index in [2.05, 4.69) is 48.1 Å². The smallest absolute Gasteiger partial charge is 0.256 e. The van der Waals surface area contributed by atoms with Crippen LogP contribution in [-0.2, 0) is 30.7 Å². The van der Waals surface area contributed by atoms with Crippen LogP contribution in [0, 0.1) is 0 Å². The van der Waals surface area contributed by atoms with Crippen molar-refractivity contribution in [2.45, 2.75) is 32.4 Å². The van der Waals surface area contributed by atoms with Gasteiger partial charge in [0.2, 0.25) is 0 Å². The minimum atomic E-state index is 0.0121. The van der Waals surface area contributed by atoms with Gasteiger partial charge in [-0.05, 0) is 54.0 Å². The zero-order chi connectivity index (χ0) is 36.4. The van der Waals surface area contributed by atoms with Gasteiger partial charge in [-0.1, -0.05) is 30.3 Å². The zero-order valence-corrected chi connectivity index (χ0v) is 30.9. The van der Waals surface area contributed by atoms with Crippen LogP contribution in [0.1, 0.15) is 54.1 Å². The van der Waals surface area contributed by atoms with Crippen molar-refractivity contribution in [3.63, 3.8) is 0 Å². The van der Waals surface area contributed by atoms with Crippen molar-refractivity contribution in [3.8, 4) is 11.1 Å². The Bertz CT molecular complexity index is 2480. The van der Waals surface area contributed by atoms with E-state index in [1.54, 1.807) is 41.3 Å². The summed E-state index contributed by atoms with van der Waals surface area (Å²) >= 11 is 3.39. The van der Waals surface area contributed by atoms with Gasteiger partial charge < -0.3 is 14.5 Å². The van der Waals surface area contributed by atoms with Crippen LogP contribution in [0.25, 0.3) is 37.1 Å². The van der Waals surface area contributed by atoms with Gasteiger partial charge in [-0.25, -0.2) is 19.9 Å². The second-order valence-electron chi connectivity index (χ2n) is 13.1. The van der Waals surface area contributed by atoms with Gasteiger partial charge in [-0.3, -0.25) is 19.6 Å². The number of pyridine rings is 2. The van der Waals surface area contributed by atoms with Gasteiger partial charge >= 0.3 is 0 Å². The quantitative estimate of drug-likeness (QED) is 0.161. The fourth-order valence-corrected chi connectivity index (χ4v) is 9.05. The van der Waals surface area contributed by atoms with Crippen molar-refractivity contribution in [1.29, 1.82) is 0 Å². The molecular formula is C41H34N8O3S2. The average Bonchev–Trinajstić information content (AvgIpc) is 4.00. The molecule has 10 rings (SSSR count). The number of amides is 2. The molecule has 8 heterocycles. The first kappa shape index (κ1) is 34.0. The summed E-state index contributed by atoms with van der Waals surface area (Å²) in [6.45, 7) is 3.72. The van der Waals surface area contributed by atoms with Crippen molar-refractivity contribution in [2.24, 2.45) is 0 Å². The van der Waals surface area contributed by atoms with Gasteiger partial charge in [0.1, 0.15) is 6.33 Å². The Hall–Kier alpha value is -5.76. The number of rotatable bonds is 8. The number of nitrogens with zero attached hydrogens (tertiary/aromatic N) is 8. The highest BCUT2D eigenvalue weighted by Gasteiger charge is 2.33. The van der Waals surface area contributed by atoms with E-state index < -0.39 is 0 Å². The monoisotopic (exact) mass is 750 g/mol. The van der Waals surface area contributed by atoms with Crippen LogP contribution in [0.15, 0.2) is 97.9 Å². The maximum atomic E-state index is 13.1. The summed E-state index contributed by atoms with van der Waals surface area (Å²) in [6.07, 6.45) is 12.9. The van der Waals surface area contributed by atoms with Crippen LogP contribution < -0.4 is 0 Å². The van der Waals surface area contributed by atoms with Gasteiger partial charge in [0.15, 0.2) is 0 Å². The standard InChI is InChI=1S/C21H19N3O2S.C20H15N5OS/c25-21-20-15(14-7-11-26-12-8-14)5-9-22-17(20)13-24(21)10-6-19-23-16-3-1-2-4-18(16)27-19;26-20-19-14(13-9-21-12-22-10-13)5-7-23-16(19)11-25(20)8-6-18-24-15-3-1-2-4-17(15)27-18/h1-5,7,9H,6,8,10-13H2;1-5,7,9-10,12H,6,8,11H2. The van der Waals surface area contributed by atoms with E-state index in [1.807, 2.05) is 64.5 Å². The molecular weight excluding hydrogens is 717 g/mol. The van der Waals surface area contributed by atoms with E-state index in [1.165, 1.54) is 21.3 Å². The molecule has 2 aromatic carbocycles. The zero-order valence-electron chi connectivity index (χ0n) is 29.2. The van der Waals surface area contributed by atoms with Crippen molar-refractivity contribution in [3.05, 3.63) is 136 Å². The van der Waals surface area contributed by atoms with Crippen LogP contribution in [-0.4, -0.2) is 77.8 Å². The summed E-state index contributed by atoms with van der Waals surface area (Å²) in [5.74, 6) is 0.0969. The predicted molar refractivity (Wildman–Crippen MR) is 209 cm³/mol. The lowest BCUT2D eigenvalue weighted by atomic mass is 9.96. The minimum Gasteiger partial charge on any atom is -0.377 e. The lowest BCUT2D eigenvalue weighted by Gasteiger charge is -2.16. The lowest BCUT2D eigenvalue weighted by molar-refractivity contribution is 0.0772. The predicted octanol–water partition coefficient (Wildman–Crippen LogP) is 7.04. The molecule has 3 aliphatic rings. The Labute approximate surface area is 319 Å². The molecule has 268 valence electrons. The molecule has 0 N–H and O–H groups in total. The lowest BCUT2D eigenvalue weighted by Crippen LogP contribution is -2.26. The van der Waals surface area contributed by atoms with Gasteiger partial charge in [0.25, 0.3) is 11.8 Å². The molecule has 0 spiro atoms. The number of fused-ring (bicyclic) bond motifs is 4. The molecule has 13 heteroatoms. The van der Waals surface area contributed by atoms with Gasteiger partial charge in [0.05, 0.1) is 79.3 Å². The molecule has 2 amide bonds. The van der Waals surface area contributed by atoms with Crippen molar-refractivity contribution in [1.82, 2.24) is 39.7 Å². The Morgan fingerprint density at radius 3 is 1.80 bits per heavy atom. The van der Waals surface area contributed by atoms with Gasteiger partial charge in [-0.15, -0.1) is 22.7 Å². The SMILES string of the molecule is O=C1c2c(-c3cncnc3)ccnc2CN1CCc1nc2ccccc2s1.O=C1c2c(C3=CCOCC3)ccnc2CN1CCc1nc2ccccc2s1. The van der Waals surface area contributed by atoms with Crippen LogP contribution in [0.4, 0.5) is 0 Å². The fourth-order valence-electron chi connectivity index (χ4n) is 7.14. The molecule has 5 aromatic heterocycles.